The summed E-state index contributed by atoms with van der Waals surface area (Å²) < 4.78 is 5.60. The Morgan fingerprint density at radius 3 is 2.87 bits per heavy atom. The van der Waals surface area contributed by atoms with Gasteiger partial charge in [0.1, 0.15) is 17.5 Å². The van der Waals surface area contributed by atoms with E-state index in [0.29, 0.717) is 24.5 Å². The van der Waals surface area contributed by atoms with Crippen molar-refractivity contribution in [3.63, 3.8) is 0 Å². The van der Waals surface area contributed by atoms with E-state index in [1.165, 1.54) is 6.92 Å². The molecule has 4 fully saturated rings. The minimum atomic E-state index is -1.07. The van der Waals surface area contributed by atoms with Crippen LogP contribution in [0.5, 0.6) is 0 Å². The van der Waals surface area contributed by atoms with Crippen LogP contribution in [0.3, 0.4) is 0 Å². The molecular weight excluding hydrogens is 294 g/mol. The van der Waals surface area contributed by atoms with E-state index in [9.17, 15) is 14.7 Å². The molecule has 6 atom stereocenters. The summed E-state index contributed by atoms with van der Waals surface area (Å²) in [5.74, 6) is 0.301. The number of hydrogen-bond donors (Lipinski definition) is 1. The van der Waals surface area contributed by atoms with Crippen LogP contribution in [-0.4, -0.2) is 52.1 Å². The first-order valence-electron chi connectivity index (χ1n) is 9.07. The molecule has 5 nitrogen and oxygen atoms in total. The fraction of sp³-hybridized carbons (Fsp3) is 0.889. The molecule has 0 radical (unpaired) electrons. The molecule has 2 heterocycles. The van der Waals surface area contributed by atoms with Crippen LogP contribution in [0.1, 0.15) is 52.4 Å². The molecule has 2 aliphatic heterocycles. The Bertz CT molecular complexity index is 545. The minimum Gasteiger partial charge on any atom is -0.459 e. The second-order valence-electron chi connectivity index (χ2n) is 8.23. The average molecular weight is 321 g/mol. The predicted molar refractivity (Wildman–Crippen MR) is 83.7 cm³/mol. The van der Waals surface area contributed by atoms with Crippen molar-refractivity contribution in [1.82, 2.24) is 4.90 Å². The lowest BCUT2D eigenvalue weighted by atomic mass is 9.45. The quantitative estimate of drug-likeness (QED) is 0.742. The number of carbonyl (C=O) groups is 2. The van der Waals surface area contributed by atoms with Crippen LogP contribution >= 0.6 is 0 Å². The highest BCUT2D eigenvalue weighted by Crippen LogP contribution is 2.61. The van der Waals surface area contributed by atoms with Gasteiger partial charge in [0.05, 0.1) is 5.54 Å². The van der Waals surface area contributed by atoms with Crippen LogP contribution in [0.15, 0.2) is 0 Å². The van der Waals surface area contributed by atoms with Crippen LogP contribution in [0.4, 0.5) is 0 Å². The number of ether oxygens (including phenoxy) is 1. The van der Waals surface area contributed by atoms with Crippen LogP contribution < -0.4 is 0 Å². The molecule has 2 aliphatic carbocycles. The van der Waals surface area contributed by atoms with Gasteiger partial charge in [-0.1, -0.05) is 6.92 Å². The molecule has 2 saturated heterocycles. The molecule has 0 aromatic rings. The van der Waals surface area contributed by atoms with E-state index in [1.54, 1.807) is 0 Å². The van der Waals surface area contributed by atoms with E-state index >= 15 is 0 Å². The predicted octanol–water partition coefficient (Wildman–Crippen LogP) is 1.52. The van der Waals surface area contributed by atoms with Crippen molar-refractivity contribution in [1.29, 1.82) is 0 Å². The fourth-order valence-electron chi connectivity index (χ4n) is 6.49. The normalized spacial score (nSPS) is 49.4. The van der Waals surface area contributed by atoms with Crippen LogP contribution in [0, 0.1) is 17.8 Å². The van der Waals surface area contributed by atoms with Crippen LogP contribution in [-0.2, 0) is 14.3 Å². The van der Waals surface area contributed by atoms with Crippen LogP contribution in [0.2, 0.25) is 0 Å². The summed E-state index contributed by atoms with van der Waals surface area (Å²) in [5.41, 5.74) is -1.58. The maximum Gasteiger partial charge on any atom is 0.303 e. The number of aliphatic hydroxyl groups is 1. The number of rotatable bonds is 1. The van der Waals surface area contributed by atoms with E-state index < -0.39 is 17.2 Å². The first-order valence-corrected chi connectivity index (χ1v) is 9.07. The summed E-state index contributed by atoms with van der Waals surface area (Å²) in [7, 11) is 0. The molecule has 0 unspecified atom stereocenters. The molecule has 2 saturated carbocycles. The molecule has 2 bridgehead atoms. The highest BCUT2D eigenvalue weighted by atomic mass is 16.6. The summed E-state index contributed by atoms with van der Waals surface area (Å²) in [6, 6.07) is 0. The molecule has 0 aromatic carbocycles. The summed E-state index contributed by atoms with van der Waals surface area (Å²) >= 11 is 0. The Balaban J connectivity index is 1.86. The van der Waals surface area contributed by atoms with Crippen molar-refractivity contribution in [3.05, 3.63) is 0 Å². The average Bonchev–Trinajstić information content (AvgIpc) is 2.46. The maximum atomic E-state index is 12.8. The Morgan fingerprint density at radius 2 is 2.13 bits per heavy atom. The smallest absolute Gasteiger partial charge is 0.303 e. The molecule has 128 valence electrons. The number of nitrogens with zero attached hydrogens (tertiary/aromatic N) is 1. The van der Waals surface area contributed by atoms with E-state index in [1.807, 2.05) is 0 Å². The van der Waals surface area contributed by atoms with Gasteiger partial charge in [0, 0.05) is 38.1 Å². The molecule has 4 aliphatic rings. The monoisotopic (exact) mass is 321 g/mol. The first-order chi connectivity index (χ1) is 10.9. The van der Waals surface area contributed by atoms with Gasteiger partial charge in [-0.3, -0.25) is 14.5 Å². The van der Waals surface area contributed by atoms with Crippen molar-refractivity contribution in [2.45, 2.75) is 69.6 Å². The first kappa shape index (κ1) is 15.6. The summed E-state index contributed by atoms with van der Waals surface area (Å²) in [6.07, 6.45) is 4.22. The summed E-state index contributed by atoms with van der Waals surface area (Å²) in [5, 5.41) is 11.9. The highest BCUT2D eigenvalue weighted by Gasteiger charge is 2.73. The van der Waals surface area contributed by atoms with Gasteiger partial charge in [0.15, 0.2) is 0 Å². The fourth-order valence-corrected chi connectivity index (χ4v) is 6.49. The van der Waals surface area contributed by atoms with E-state index in [0.717, 1.165) is 38.8 Å². The van der Waals surface area contributed by atoms with Gasteiger partial charge in [0.25, 0.3) is 0 Å². The zero-order chi connectivity index (χ0) is 16.4. The highest BCUT2D eigenvalue weighted by molar-refractivity contribution is 5.85. The van der Waals surface area contributed by atoms with Crippen molar-refractivity contribution >= 4 is 11.8 Å². The third kappa shape index (κ3) is 1.86. The molecule has 0 amide bonds. The number of piperidine rings is 2. The standard InChI is InChI=1S/C18H27NO4/c1-11-8-13-9-15(21)14-4-3-6-19-7-5-16(23-12(2)20)18(13,22)17(14,19)10-11/h11,13-14,16,22H,3-10H2,1-2H3/t11-,13+,14-,16+,17+,18-/m1/s1. The van der Waals surface area contributed by atoms with Crippen molar-refractivity contribution < 1.29 is 19.4 Å². The lowest BCUT2D eigenvalue weighted by molar-refractivity contribution is -0.288. The van der Waals surface area contributed by atoms with Crippen molar-refractivity contribution in [3.8, 4) is 0 Å². The molecule has 5 heteroatoms. The Hall–Kier alpha value is -0.940. The zero-order valence-corrected chi connectivity index (χ0v) is 14.1. The van der Waals surface area contributed by atoms with E-state index in [2.05, 4.69) is 11.8 Å². The van der Waals surface area contributed by atoms with Gasteiger partial charge in [-0.25, -0.2) is 0 Å². The molecule has 23 heavy (non-hydrogen) atoms. The Kier molecular flexibility index (Phi) is 3.40. The van der Waals surface area contributed by atoms with Crippen molar-refractivity contribution in [2.75, 3.05) is 13.1 Å². The number of hydrogen-bond acceptors (Lipinski definition) is 5. The number of esters is 1. The van der Waals surface area contributed by atoms with E-state index in [-0.39, 0.29) is 17.8 Å². The van der Waals surface area contributed by atoms with Gasteiger partial charge in [-0.15, -0.1) is 0 Å². The minimum absolute atomic E-state index is 0.0831. The number of carbonyl (C=O) groups excluding carboxylic acids is 2. The van der Waals surface area contributed by atoms with Gasteiger partial charge in [-0.05, 0) is 38.1 Å². The topological polar surface area (TPSA) is 66.8 Å². The Labute approximate surface area is 137 Å². The molecular formula is C18H27NO4. The lowest BCUT2D eigenvalue weighted by Gasteiger charge is -2.70. The van der Waals surface area contributed by atoms with Gasteiger partial charge < -0.3 is 9.84 Å². The Morgan fingerprint density at radius 1 is 1.35 bits per heavy atom. The third-order valence-corrected chi connectivity index (χ3v) is 7.02. The molecule has 0 aromatic heterocycles. The van der Waals surface area contributed by atoms with Gasteiger partial charge in [0.2, 0.25) is 0 Å². The van der Waals surface area contributed by atoms with Gasteiger partial charge >= 0.3 is 5.97 Å². The van der Waals surface area contributed by atoms with Crippen LogP contribution in [0.25, 0.3) is 0 Å². The number of ketones is 1. The van der Waals surface area contributed by atoms with Gasteiger partial charge in [-0.2, -0.15) is 0 Å². The molecule has 1 spiro atoms. The third-order valence-electron chi connectivity index (χ3n) is 7.02. The summed E-state index contributed by atoms with van der Waals surface area (Å²) in [6.45, 7) is 5.40. The second-order valence-corrected chi connectivity index (χ2v) is 8.23. The summed E-state index contributed by atoms with van der Waals surface area (Å²) in [4.78, 5) is 26.8. The molecule has 1 N–H and O–H groups in total. The zero-order valence-electron chi connectivity index (χ0n) is 14.1. The lowest BCUT2D eigenvalue weighted by Crippen LogP contribution is -2.83. The largest absolute Gasteiger partial charge is 0.459 e. The van der Waals surface area contributed by atoms with Crippen molar-refractivity contribution in [2.24, 2.45) is 17.8 Å². The SMILES string of the molecule is CC(=O)O[C@H]1CCN2CCC[C@@H]3C(=O)C[C@@H]4C[C@@H](C)C[C@@]32[C@@]41O. The maximum absolute atomic E-state index is 12.8. The second kappa shape index (κ2) is 5.03. The number of Topliss-reactive ketones (excluding diaryl/α,β-unsaturated/α-hetero) is 1. The van der Waals surface area contributed by atoms with E-state index in [4.69, 9.17) is 4.74 Å². The molecule has 4 rings (SSSR count).